The van der Waals surface area contributed by atoms with Crippen molar-refractivity contribution in [1.82, 2.24) is 4.67 Å². The molecule has 2 saturated heterocycles. The lowest BCUT2D eigenvalue weighted by Crippen LogP contribution is -2.17. The van der Waals surface area contributed by atoms with E-state index < -0.39 is 7.52 Å². The Hall–Kier alpha value is 0.850. The average molecular weight is 225 g/mol. The Labute approximate surface area is 80.8 Å². The van der Waals surface area contributed by atoms with Gasteiger partial charge in [0.15, 0.2) is 0 Å². The van der Waals surface area contributed by atoms with Crippen molar-refractivity contribution < 1.29 is 9.46 Å². The number of thioether (sulfide) groups is 2. The molecule has 2 aliphatic heterocycles. The number of nitrogens with zero attached hydrogens (tertiary/aromatic N) is 1. The van der Waals surface area contributed by atoms with E-state index in [-0.39, 0.29) is 0 Å². The van der Waals surface area contributed by atoms with E-state index in [0.717, 1.165) is 18.2 Å². The molecule has 0 radical (unpaired) electrons. The average Bonchev–Trinajstić information content (AvgIpc) is 2.37. The van der Waals surface area contributed by atoms with Gasteiger partial charge in [-0.2, -0.15) is 0 Å². The van der Waals surface area contributed by atoms with Crippen molar-refractivity contribution in [2.45, 2.75) is 10.5 Å². The summed E-state index contributed by atoms with van der Waals surface area (Å²) < 4.78 is 13.0. The molecule has 2 fully saturated rings. The maximum atomic E-state index is 11.3. The summed E-state index contributed by atoms with van der Waals surface area (Å²) in [6.45, 7) is 3.03. The zero-order valence-electron chi connectivity index (χ0n) is 6.84. The van der Waals surface area contributed by atoms with Crippen LogP contribution in [0.2, 0.25) is 0 Å². The second-order valence-corrected chi connectivity index (χ2v) is 8.29. The molecule has 0 amide bonds. The van der Waals surface area contributed by atoms with Crippen molar-refractivity contribution in [3.05, 3.63) is 0 Å². The SMILES string of the molecule is CP(=O)(O)N1CC2SCS[C@@H]2C1. The van der Waals surface area contributed by atoms with E-state index in [9.17, 15) is 9.46 Å². The summed E-state index contributed by atoms with van der Waals surface area (Å²) in [6.07, 6.45) is 0. The molecular weight excluding hydrogens is 213 g/mol. The van der Waals surface area contributed by atoms with E-state index in [0.29, 0.717) is 10.5 Å². The van der Waals surface area contributed by atoms with Crippen molar-refractivity contribution in [2.75, 3.05) is 24.8 Å². The topological polar surface area (TPSA) is 40.5 Å². The van der Waals surface area contributed by atoms with Crippen LogP contribution in [-0.2, 0) is 4.57 Å². The highest BCUT2D eigenvalue weighted by atomic mass is 32.2. The lowest BCUT2D eigenvalue weighted by Gasteiger charge is -2.19. The number of fused-ring (bicyclic) bond motifs is 1. The van der Waals surface area contributed by atoms with Crippen LogP contribution in [0.15, 0.2) is 0 Å². The summed E-state index contributed by atoms with van der Waals surface area (Å²) >= 11 is 3.84. The second kappa shape index (κ2) is 3.21. The first-order valence-electron chi connectivity index (χ1n) is 3.86. The maximum Gasteiger partial charge on any atom is 0.266 e. The summed E-state index contributed by atoms with van der Waals surface area (Å²) in [5.74, 6) is 0. The van der Waals surface area contributed by atoms with Crippen LogP contribution in [0.25, 0.3) is 0 Å². The lowest BCUT2D eigenvalue weighted by molar-refractivity contribution is 0.391. The molecule has 1 N–H and O–H groups in total. The van der Waals surface area contributed by atoms with Crippen molar-refractivity contribution >= 4 is 31.0 Å². The monoisotopic (exact) mass is 225 g/mol. The number of hydrogen-bond donors (Lipinski definition) is 1. The third-order valence-electron chi connectivity index (χ3n) is 2.29. The van der Waals surface area contributed by atoms with Gasteiger partial charge in [-0.05, 0) is 0 Å². The molecule has 0 aromatic carbocycles. The van der Waals surface area contributed by atoms with E-state index >= 15 is 0 Å². The zero-order valence-corrected chi connectivity index (χ0v) is 9.37. The molecule has 0 spiro atoms. The molecular formula is C6H12NO2PS2. The van der Waals surface area contributed by atoms with Gasteiger partial charge >= 0.3 is 0 Å². The Morgan fingerprint density at radius 1 is 1.42 bits per heavy atom. The van der Waals surface area contributed by atoms with Gasteiger partial charge in [-0.15, -0.1) is 23.5 Å². The van der Waals surface area contributed by atoms with Crippen molar-refractivity contribution in [2.24, 2.45) is 0 Å². The Kier molecular flexibility index (Phi) is 2.52. The molecule has 0 bridgehead atoms. The van der Waals surface area contributed by atoms with Crippen molar-refractivity contribution in [3.63, 3.8) is 0 Å². The predicted octanol–water partition coefficient (Wildman–Crippen LogP) is 1.29. The smallest absolute Gasteiger partial charge is 0.266 e. The van der Waals surface area contributed by atoms with E-state index in [1.165, 1.54) is 6.66 Å². The lowest BCUT2D eigenvalue weighted by atomic mass is 10.4. The highest BCUT2D eigenvalue weighted by Crippen LogP contribution is 2.50. The summed E-state index contributed by atoms with van der Waals surface area (Å²) in [6, 6.07) is 0. The van der Waals surface area contributed by atoms with Crippen LogP contribution in [0.3, 0.4) is 0 Å². The van der Waals surface area contributed by atoms with Gasteiger partial charge in [-0.1, -0.05) is 0 Å². The van der Waals surface area contributed by atoms with Crippen LogP contribution < -0.4 is 0 Å². The molecule has 2 aliphatic rings. The highest BCUT2D eigenvalue weighted by molar-refractivity contribution is 8.19. The molecule has 2 unspecified atom stereocenters. The van der Waals surface area contributed by atoms with Gasteiger partial charge in [0.1, 0.15) is 0 Å². The Balaban J connectivity index is 2.04. The van der Waals surface area contributed by atoms with E-state index in [1.54, 1.807) is 4.67 Å². The Morgan fingerprint density at radius 3 is 2.33 bits per heavy atom. The summed E-state index contributed by atoms with van der Waals surface area (Å²) in [5, 5.41) is 2.34. The third-order valence-corrected chi connectivity index (χ3v) is 6.73. The quantitative estimate of drug-likeness (QED) is 0.681. The maximum absolute atomic E-state index is 11.3. The molecule has 3 nitrogen and oxygen atoms in total. The minimum Gasteiger partial charge on any atom is -0.333 e. The molecule has 2 rings (SSSR count). The molecule has 2 heterocycles. The fraction of sp³-hybridized carbons (Fsp3) is 1.00. The first-order valence-corrected chi connectivity index (χ1v) is 8.02. The zero-order chi connectivity index (χ0) is 8.77. The molecule has 0 saturated carbocycles. The fourth-order valence-corrected chi connectivity index (χ4v) is 6.10. The minimum atomic E-state index is -2.96. The van der Waals surface area contributed by atoms with Gasteiger partial charge in [0.05, 0.1) is 0 Å². The first kappa shape index (κ1) is 9.41. The van der Waals surface area contributed by atoms with Gasteiger partial charge < -0.3 is 4.89 Å². The molecule has 70 valence electrons. The van der Waals surface area contributed by atoms with Gasteiger partial charge in [0.25, 0.3) is 7.52 Å². The summed E-state index contributed by atoms with van der Waals surface area (Å²) in [4.78, 5) is 9.34. The van der Waals surface area contributed by atoms with Gasteiger partial charge in [0.2, 0.25) is 0 Å². The van der Waals surface area contributed by atoms with E-state index in [4.69, 9.17) is 0 Å². The minimum absolute atomic E-state index is 0.593. The van der Waals surface area contributed by atoms with E-state index in [1.807, 2.05) is 23.5 Å². The molecule has 0 aromatic heterocycles. The van der Waals surface area contributed by atoms with Crippen molar-refractivity contribution in [1.29, 1.82) is 0 Å². The second-order valence-electron chi connectivity index (χ2n) is 3.24. The fourth-order valence-electron chi connectivity index (χ4n) is 1.56. The van der Waals surface area contributed by atoms with Crippen LogP contribution in [0.4, 0.5) is 0 Å². The molecule has 0 aliphatic carbocycles. The molecule has 0 aromatic rings. The standard InChI is InChI=1S/C6H12NO2PS2/c1-10(8,9)7-2-5-6(3-7)12-4-11-5/h5-6H,2-4H2,1H3,(H,8,9)/t5-,6?/m1/s1. The summed E-state index contributed by atoms with van der Waals surface area (Å²) in [7, 11) is -2.96. The third kappa shape index (κ3) is 1.70. The first-order chi connectivity index (χ1) is 5.57. The normalized spacial score (nSPS) is 41.2. The van der Waals surface area contributed by atoms with Crippen LogP contribution >= 0.6 is 31.0 Å². The highest BCUT2D eigenvalue weighted by Gasteiger charge is 2.41. The van der Waals surface area contributed by atoms with Crippen molar-refractivity contribution in [3.8, 4) is 0 Å². The molecule has 3 atom stereocenters. The van der Waals surface area contributed by atoms with Gasteiger partial charge in [0, 0.05) is 35.3 Å². The van der Waals surface area contributed by atoms with Crippen LogP contribution in [0.1, 0.15) is 0 Å². The number of hydrogen-bond acceptors (Lipinski definition) is 3. The summed E-state index contributed by atoms with van der Waals surface area (Å²) in [5.41, 5.74) is 0. The van der Waals surface area contributed by atoms with Gasteiger partial charge in [-0.3, -0.25) is 4.57 Å². The van der Waals surface area contributed by atoms with E-state index in [2.05, 4.69) is 0 Å². The van der Waals surface area contributed by atoms with Crippen LogP contribution in [0, 0.1) is 0 Å². The largest absolute Gasteiger partial charge is 0.333 e. The molecule has 6 heteroatoms. The Bertz CT molecular complexity index is 220. The van der Waals surface area contributed by atoms with Crippen LogP contribution in [-0.4, -0.2) is 44.9 Å². The predicted molar refractivity (Wildman–Crippen MR) is 54.9 cm³/mol. The van der Waals surface area contributed by atoms with Gasteiger partial charge in [-0.25, -0.2) is 4.67 Å². The van der Waals surface area contributed by atoms with Crippen LogP contribution in [0.5, 0.6) is 0 Å². The number of rotatable bonds is 1. The Morgan fingerprint density at radius 2 is 1.92 bits per heavy atom. The molecule has 12 heavy (non-hydrogen) atoms.